The van der Waals surface area contributed by atoms with Gasteiger partial charge in [0, 0.05) is 24.0 Å². The number of nitrogens with one attached hydrogen (secondary N) is 2. The summed E-state index contributed by atoms with van der Waals surface area (Å²) in [5, 5.41) is 32.5. The topological polar surface area (TPSA) is 106 Å². The van der Waals surface area contributed by atoms with Gasteiger partial charge < -0.3 is 25.6 Å². The summed E-state index contributed by atoms with van der Waals surface area (Å²) in [7, 11) is 0. The van der Waals surface area contributed by atoms with Crippen molar-refractivity contribution in [2.45, 2.75) is 19.1 Å². The molecule has 6 nitrogen and oxygen atoms in total. The van der Waals surface area contributed by atoms with E-state index in [0.717, 1.165) is 0 Å². The summed E-state index contributed by atoms with van der Waals surface area (Å²) < 4.78 is 0. The lowest BCUT2D eigenvalue weighted by Crippen LogP contribution is -2.33. The number of aliphatic hydroxyl groups is 2. The minimum Gasteiger partial charge on any atom is -0.506 e. The van der Waals surface area contributed by atoms with Crippen molar-refractivity contribution in [2.75, 3.05) is 13.2 Å². The number of aromatic amines is 1. The summed E-state index contributed by atoms with van der Waals surface area (Å²) in [5.41, 5.74) is 0.599. The van der Waals surface area contributed by atoms with Gasteiger partial charge in [0.15, 0.2) is 0 Å². The number of phenolic OH excluding ortho intramolecular Hbond substituents is 1. The van der Waals surface area contributed by atoms with E-state index < -0.39 is 6.10 Å². The molecule has 0 aliphatic carbocycles. The van der Waals surface area contributed by atoms with Crippen LogP contribution in [-0.2, 0) is 0 Å². The Kier molecular flexibility index (Phi) is 4.39. The molecule has 1 aromatic carbocycles. The van der Waals surface area contributed by atoms with Gasteiger partial charge >= 0.3 is 0 Å². The first-order chi connectivity index (χ1) is 9.52. The zero-order chi connectivity index (χ0) is 14.7. The van der Waals surface area contributed by atoms with Crippen molar-refractivity contribution in [1.82, 2.24) is 10.3 Å². The first-order valence-corrected chi connectivity index (χ1v) is 6.40. The van der Waals surface area contributed by atoms with E-state index >= 15 is 0 Å². The van der Waals surface area contributed by atoms with Crippen molar-refractivity contribution < 1.29 is 15.3 Å². The summed E-state index contributed by atoms with van der Waals surface area (Å²) in [6, 6.07) is 5.86. The third kappa shape index (κ3) is 2.98. The maximum atomic E-state index is 11.3. The molecule has 20 heavy (non-hydrogen) atoms. The second kappa shape index (κ2) is 6.04. The van der Waals surface area contributed by atoms with Gasteiger partial charge in [0.2, 0.25) is 5.56 Å². The fourth-order valence-electron chi connectivity index (χ4n) is 2.04. The number of aliphatic hydroxyl groups excluding tert-OH is 2. The molecule has 1 heterocycles. The number of rotatable bonds is 5. The van der Waals surface area contributed by atoms with Crippen LogP contribution in [0.15, 0.2) is 29.1 Å². The van der Waals surface area contributed by atoms with Crippen molar-refractivity contribution in [3.05, 3.63) is 40.2 Å². The number of pyridine rings is 1. The fourth-order valence-corrected chi connectivity index (χ4v) is 2.04. The van der Waals surface area contributed by atoms with E-state index in [2.05, 4.69) is 10.3 Å². The Bertz CT molecular complexity index is 653. The summed E-state index contributed by atoms with van der Waals surface area (Å²) in [4.78, 5) is 13.9. The second-order valence-electron chi connectivity index (χ2n) is 4.79. The highest BCUT2D eigenvalue weighted by atomic mass is 16.3. The van der Waals surface area contributed by atoms with Gasteiger partial charge in [-0.15, -0.1) is 0 Å². The molecule has 2 atom stereocenters. The molecule has 0 saturated heterocycles. The molecule has 2 aromatic rings. The van der Waals surface area contributed by atoms with Crippen LogP contribution in [-0.4, -0.2) is 39.5 Å². The van der Waals surface area contributed by atoms with Gasteiger partial charge in [-0.2, -0.15) is 0 Å². The molecule has 2 rings (SSSR count). The number of fused-ring (bicyclic) bond motifs is 1. The van der Waals surface area contributed by atoms with Gasteiger partial charge in [0.05, 0.1) is 18.2 Å². The van der Waals surface area contributed by atoms with Crippen LogP contribution >= 0.6 is 0 Å². The molecule has 0 aliphatic rings. The highest BCUT2D eigenvalue weighted by Crippen LogP contribution is 2.28. The normalized spacial score (nSPS) is 14.3. The Morgan fingerprint density at radius 1 is 1.30 bits per heavy atom. The molecule has 2 unspecified atom stereocenters. The molecule has 0 radical (unpaired) electrons. The summed E-state index contributed by atoms with van der Waals surface area (Å²) in [5.74, 6) is -0.0367. The highest BCUT2D eigenvalue weighted by Gasteiger charge is 2.14. The second-order valence-corrected chi connectivity index (χ2v) is 4.79. The Balaban J connectivity index is 2.35. The zero-order valence-electron chi connectivity index (χ0n) is 11.1. The Morgan fingerprint density at radius 2 is 2.05 bits per heavy atom. The lowest BCUT2D eigenvalue weighted by atomic mass is 10.0. The van der Waals surface area contributed by atoms with E-state index in [1.807, 2.05) is 0 Å². The summed E-state index contributed by atoms with van der Waals surface area (Å²) in [6.45, 7) is 2.05. The predicted octanol–water partition coefficient (Wildman–Crippen LogP) is 0.238. The lowest BCUT2D eigenvalue weighted by Gasteiger charge is -2.17. The standard InChI is InChI=1S/C14H18N2O4/c1-8(7-17)15-6-12(19)9-2-4-11(18)14-10(9)3-5-13(20)16-14/h2-5,8,12,15,17-19H,6-7H2,1H3,(H,16,20). The van der Waals surface area contributed by atoms with E-state index in [-0.39, 0.29) is 30.5 Å². The van der Waals surface area contributed by atoms with Crippen LogP contribution in [0.3, 0.4) is 0 Å². The molecule has 0 bridgehead atoms. The quantitative estimate of drug-likeness (QED) is 0.538. The monoisotopic (exact) mass is 278 g/mol. The fraction of sp³-hybridized carbons (Fsp3) is 0.357. The molecular formula is C14H18N2O4. The summed E-state index contributed by atoms with van der Waals surface area (Å²) in [6.07, 6.45) is -0.807. The molecule has 1 aromatic heterocycles. The van der Waals surface area contributed by atoms with Crippen molar-refractivity contribution in [1.29, 1.82) is 0 Å². The van der Waals surface area contributed by atoms with Gasteiger partial charge in [0.25, 0.3) is 0 Å². The molecule has 0 saturated carbocycles. The SMILES string of the molecule is CC(CO)NCC(O)c1ccc(O)c2[nH]c(=O)ccc12. The summed E-state index contributed by atoms with van der Waals surface area (Å²) >= 11 is 0. The van der Waals surface area contributed by atoms with Gasteiger partial charge in [-0.25, -0.2) is 0 Å². The van der Waals surface area contributed by atoms with Crippen molar-refractivity contribution >= 4 is 10.9 Å². The van der Waals surface area contributed by atoms with Crippen molar-refractivity contribution in [3.8, 4) is 5.75 Å². The Labute approximate surface area is 115 Å². The molecule has 0 fully saturated rings. The van der Waals surface area contributed by atoms with Crippen LogP contribution in [0.5, 0.6) is 5.75 Å². The van der Waals surface area contributed by atoms with Crippen LogP contribution in [0, 0.1) is 0 Å². The van der Waals surface area contributed by atoms with Crippen molar-refractivity contribution in [3.63, 3.8) is 0 Å². The van der Waals surface area contributed by atoms with Gasteiger partial charge in [-0.3, -0.25) is 4.79 Å². The van der Waals surface area contributed by atoms with E-state index in [0.29, 0.717) is 16.5 Å². The first-order valence-electron chi connectivity index (χ1n) is 6.40. The molecule has 5 N–H and O–H groups in total. The van der Waals surface area contributed by atoms with Gasteiger partial charge in [0.1, 0.15) is 5.75 Å². The molecular weight excluding hydrogens is 260 g/mol. The zero-order valence-corrected chi connectivity index (χ0v) is 11.1. The van der Waals surface area contributed by atoms with E-state index in [1.165, 1.54) is 12.1 Å². The van der Waals surface area contributed by atoms with Gasteiger partial charge in [-0.05, 0) is 24.6 Å². The Hall–Kier alpha value is -1.89. The minimum absolute atomic E-state index is 0.0175. The van der Waals surface area contributed by atoms with Crippen LogP contribution in [0.25, 0.3) is 10.9 Å². The maximum absolute atomic E-state index is 11.3. The van der Waals surface area contributed by atoms with Crippen LogP contribution in [0.1, 0.15) is 18.6 Å². The van der Waals surface area contributed by atoms with E-state index in [4.69, 9.17) is 5.11 Å². The third-order valence-corrected chi connectivity index (χ3v) is 3.20. The Morgan fingerprint density at radius 3 is 2.75 bits per heavy atom. The number of aromatic hydroxyl groups is 1. The van der Waals surface area contributed by atoms with E-state index in [1.54, 1.807) is 19.1 Å². The predicted molar refractivity (Wildman–Crippen MR) is 75.7 cm³/mol. The molecule has 0 amide bonds. The number of benzene rings is 1. The highest BCUT2D eigenvalue weighted by molar-refractivity contribution is 5.87. The number of phenols is 1. The largest absolute Gasteiger partial charge is 0.506 e. The first kappa shape index (κ1) is 14.5. The maximum Gasteiger partial charge on any atom is 0.248 e. The number of H-pyrrole nitrogens is 1. The average Bonchev–Trinajstić information content (AvgIpc) is 2.45. The van der Waals surface area contributed by atoms with E-state index in [9.17, 15) is 15.0 Å². The average molecular weight is 278 g/mol. The van der Waals surface area contributed by atoms with Crippen LogP contribution < -0.4 is 10.9 Å². The van der Waals surface area contributed by atoms with Crippen LogP contribution in [0.4, 0.5) is 0 Å². The van der Waals surface area contributed by atoms with Crippen molar-refractivity contribution in [2.24, 2.45) is 0 Å². The lowest BCUT2D eigenvalue weighted by molar-refractivity contribution is 0.162. The third-order valence-electron chi connectivity index (χ3n) is 3.20. The molecule has 0 spiro atoms. The van der Waals surface area contributed by atoms with Crippen LogP contribution in [0.2, 0.25) is 0 Å². The molecule has 6 heteroatoms. The molecule has 108 valence electrons. The number of hydrogen-bond donors (Lipinski definition) is 5. The number of hydrogen-bond acceptors (Lipinski definition) is 5. The minimum atomic E-state index is -0.807. The smallest absolute Gasteiger partial charge is 0.248 e. The molecule has 0 aliphatic heterocycles. The number of aromatic nitrogens is 1. The van der Waals surface area contributed by atoms with Gasteiger partial charge in [-0.1, -0.05) is 6.07 Å².